The third kappa shape index (κ3) is 2.71. The van der Waals surface area contributed by atoms with Crippen LogP contribution in [0.4, 0.5) is 0 Å². The summed E-state index contributed by atoms with van der Waals surface area (Å²) in [6.45, 7) is 10.9. The first-order valence-electron chi connectivity index (χ1n) is 8.08. The van der Waals surface area contributed by atoms with E-state index in [1.807, 2.05) is 30.3 Å². The molecule has 2 nitrogen and oxygen atoms in total. The maximum atomic E-state index is 6.02. The van der Waals surface area contributed by atoms with Crippen molar-refractivity contribution in [3.05, 3.63) is 70.9 Å². The molecular formula is C21H22ClNO. The van der Waals surface area contributed by atoms with Crippen LogP contribution in [-0.2, 0) is 0 Å². The molecule has 24 heavy (non-hydrogen) atoms. The molecule has 1 heterocycles. The van der Waals surface area contributed by atoms with Gasteiger partial charge in [0.2, 0.25) is 0 Å². The summed E-state index contributed by atoms with van der Waals surface area (Å²) in [5.74, 6) is 1.29. The lowest BCUT2D eigenvalue weighted by Gasteiger charge is -2.13. The Bertz CT molecular complexity index is 904. The van der Waals surface area contributed by atoms with Crippen molar-refractivity contribution in [3.63, 3.8) is 0 Å². The van der Waals surface area contributed by atoms with Crippen molar-refractivity contribution >= 4 is 28.2 Å². The topological polar surface area (TPSA) is 14.2 Å². The van der Waals surface area contributed by atoms with E-state index in [0.29, 0.717) is 5.92 Å². The van der Waals surface area contributed by atoms with Crippen LogP contribution in [0.2, 0.25) is 5.02 Å². The predicted octanol–water partition coefficient (Wildman–Crippen LogP) is 6.25. The highest BCUT2D eigenvalue weighted by Gasteiger charge is 2.19. The number of halogens is 1. The molecule has 0 spiro atoms. The normalized spacial score (nSPS) is 11.2. The lowest BCUT2D eigenvalue weighted by atomic mass is 10.00. The lowest BCUT2D eigenvalue weighted by molar-refractivity contribution is 0.415. The molecule has 3 heteroatoms. The Morgan fingerprint density at radius 2 is 1.79 bits per heavy atom. The van der Waals surface area contributed by atoms with Gasteiger partial charge < -0.3 is 9.30 Å². The van der Waals surface area contributed by atoms with Gasteiger partial charge in [0.25, 0.3) is 0 Å². The minimum atomic E-state index is 0.416. The van der Waals surface area contributed by atoms with Gasteiger partial charge in [-0.05, 0) is 54.3 Å². The Kier molecular flexibility index (Phi) is 4.42. The monoisotopic (exact) mass is 339 g/mol. The second-order valence-electron chi connectivity index (χ2n) is 6.33. The van der Waals surface area contributed by atoms with Crippen LogP contribution in [0, 0.1) is 6.92 Å². The average Bonchev–Trinajstić information content (AvgIpc) is 2.85. The number of benzene rings is 2. The Morgan fingerprint density at radius 1 is 1.12 bits per heavy atom. The fourth-order valence-corrected chi connectivity index (χ4v) is 3.52. The molecule has 0 unspecified atom stereocenters. The van der Waals surface area contributed by atoms with Gasteiger partial charge in [0, 0.05) is 21.8 Å². The van der Waals surface area contributed by atoms with Crippen molar-refractivity contribution in [3.8, 4) is 5.75 Å². The summed E-state index contributed by atoms with van der Waals surface area (Å²) in [6, 6.07) is 14.0. The van der Waals surface area contributed by atoms with E-state index in [0.717, 1.165) is 27.5 Å². The zero-order valence-corrected chi connectivity index (χ0v) is 15.3. The molecule has 0 atom stereocenters. The molecular weight excluding hydrogens is 318 g/mol. The molecule has 1 aromatic heterocycles. The van der Waals surface area contributed by atoms with Gasteiger partial charge in [0.1, 0.15) is 5.75 Å². The Labute approximate surface area is 148 Å². The van der Waals surface area contributed by atoms with E-state index in [2.05, 4.69) is 44.0 Å². The smallest absolute Gasteiger partial charge is 0.119 e. The van der Waals surface area contributed by atoms with Crippen molar-refractivity contribution < 1.29 is 4.74 Å². The Hall–Kier alpha value is -2.19. The standard InChI is InChI=1S/C21H22ClNO/c1-13(2)21-15(4)23(14(3)16-6-8-17(22)9-7-16)20-11-10-18(24-5)12-19(20)21/h6-13H,3H2,1-2,4-5H3. The van der Waals surface area contributed by atoms with Crippen LogP contribution in [0.3, 0.4) is 0 Å². The Balaban J connectivity index is 2.26. The number of nitrogens with zero attached hydrogens (tertiary/aromatic N) is 1. The maximum absolute atomic E-state index is 6.02. The highest BCUT2D eigenvalue weighted by molar-refractivity contribution is 6.30. The van der Waals surface area contributed by atoms with Gasteiger partial charge in [0.15, 0.2) is 0 Å². The van der Waals surface area contributed by atoms with E-state index >= 15 is 0 Å². The molecule has 0 aliphatic rings. The highest BCUT2D eigenvalue weighted by Crippen LogP contribution is 2.36. The molecule has 0 saturated carbocycles. The van der Waals surface area contributed by atoms with Crippen molar-refractivity contribution in [1.29, 1.82) is 0 Å². The van der Waals surface area contributed by atoms with Gasteiger partial charge in [-0.1, -0.05) is 44.2 Å². The molecule has 3 aromatic rings. The third-order valence-corrected chi connectivity index (χ3v) is 4.74. The number of hydrogen-bond acceptors (Lipinski definition) is 1. The van der Waals surface area contributed by atoms with E-state index < -0.39 is 0 Å². The summed E-state index contributed by atoms with van der Waals surface area (Å²) < 4.78 is 7.65. The maximum Gasteiger partial charge on any atom is 0.119 e. The molecule has 124 valence electrons. The zero-order chi connectivity index (χ0) is 17.4. The largest absolute Gasteiger partial charge is 0.497 e. The van der Waals surface area contributed by atoms with Crippen molar-refractivity contribution in [2.24, 2.45) is 0 Å². The first-order chi connectivity index (χ1) is 11.4. The summed E-state index contributed by atoms with van der Waals surface area (Å²) in [5.41, 5.74) is 5.71. The zero-order valence-electron chi connectivity index (χ0n) is 14.6. The first kappa shape index (κ1) is 16.7. The van der Waals surface area contributed by atoms with Crippen LogP contribution in [0.1, 0.15) is 36.6 Å². The quantitative estimate of drug-likeness (QED) is 0.547. The van der Waals surface area contributed by atoms with Gasteiger partial charge in [-0.3, -0.25) is 0 Å². The summed E-state index contributed by atoms with van der Waals surface area (Å²) in [4.78, 5) is 0. The summed E-state index contributed by atoms with van der Waals surface area (Å²) in [7, 11) is 1.70. The molecule has 0 N–H and O–H groups in total. The second-order valence-corrected chi connectivity index (χ2v) is 6.76. The Morgan fingerprint density at radius 3 is 2.38 bits per heavy atom. The molecule has 0 aliphatic heterocycles. The van der Waals surface area contributed by atoms with Gasteiger partial charge in [-0.25, -0.2) is 0 Å². The fourth-order valence-electron chi connectivity index (χ4n) is 3.40. The van der Waals surface area contributed by atoms with Gasteiger partial charge in [-0.2, -0.15) is 0 Å². The summed E-state index contributed by atoms with van der Waals surface area (Å²) >= 11 is 6.02. The minimum Gasteiger partial charge on any atom is -0.497 e. The molecule has 0 fully saturated rings. The van der Waals surface area contributed by atoms with Crippen molar-refractivity contribution in [2.75, 3.05) is 7.11 Å². The fraction of sp³-hybridized carbons (Fsp3) is 0.238. The number of rotatable bonds is 4. The molecule has 0 amide bonds. The number of hydrogen-bond donors (Lipinski definition) is 0. The SMILES string of the molecule is C=C(c1ccc(Cl)cc1)n1c(C)c(C(C)C)c2cc(OC)ccc21. The first-order valence-corrected chi connectivity index (χ1v) is 8.46. The van der Waals surface area contributed by atoms with Crippen LogP contribution in [0.5, 0.6) is 5.75 Å². The van der Waals surface area contributed by atoms with Crippen molar-refractivity contribution in [2.45, 2.75) is 26.7 Å². The molecule has 0 bridgehead atoms. The van der Waals surface area contributed by atoms with Crippen LogP contribution in [0.15, 0.2) is 49.0 Å². The van der Waals surface area contributed by atoms with Crippen LogP contribution >= 0.6 is 11.6 Å². The minimum absolute atomic E-state index is 0.416. The molecule has 0 aliphatic carbocycles. The average molecular weight is 340 g/mol. The number of ether oxygens (including phenoxy) is 1. The van der Waals surface area contributed by atoms with Gasteiger partial charge in [-0.15, -0.1) is 0 Å². The number of fused-ring (bicyclic) bond motifs is 1. The van der Waals surface area contributed by atoms with E-state index in [9.17, 15) is 0 Å². The van der Waals surface area contributed by atoms with E-state index in [1.165, 1.54) is 16.6 Å². The summed E-state index contributed by atoms with van der Waals surface area (Å²) in [6.07, 6.45) is 0. The van der Waals surface area contributed by atoms with Crippen LogP contribution < -0.4 is 4.74 Å². The van der Waals surface area contributed by atoms with Crippen LogP contribution in [0.25, 0.3) is 16.6 Å². The molecule has 2 aromatic carbocycles. The predicted molar refractivity (Wildman–Crippen MR) is 103 cm³/mol. The second kappa shape index (κ2) is 6.37. The number of methoxy groups -OCH3 is 1. The molecule has 0 radical (unpaired) electrons. The highest BCUT2D eigenvalue weighted by atomic mass is 35.5. The van der Waals surface area contributed by atoms with Gasteiger partial charge in [0.05, 0.1) is 12.6 Å². The van der Waals surface area contributed by atoms with Crippen molar-refractivity contribution in [1.82, 2.24) is 4.57 Å². The summed E-state index contributed by atoms with van der Waals surface area (Å²) in [5, 5.41) is 1.95. The van der Waals surface area contributed by atoms with E-state index in [-0.39, 0.29) is 0 Å². The van der Waals surface area contributed by atoms with Gasteiger partial charge >= 0.3 is 0 Å². The third-order valence-electron chi connectivity index (χ3n) is 4.48. The lowest BCUT2D eigenvalue weighted by Crippen LogP contribution is -2.01. The van der Waals surface area contributed by atoms with E-state index in [1.54, 1.807) is 7.11 Å². The van der Waals surface area contributed by atoms with Crippen LogP contribution in [-0.4, -0.2) is 11.7 Å². The van der Waals surface area contributed by atoms with E-state index in [4.69, 9.17) is 16.3 Å². The molecule has 3 rings (SSSR count). The molecule has 0 saturated heterocycles. The number of aromatic nitrogens is 1.